The Hall–Kier alpha value is -3.31. The number of nitrogens with zero attached hydrogens (tertiary/aromatic N) is 3. The first-order valence-corrected chi connectivity index (χ1v) is 10.2. The number of aromatic nitrogens is 2. The standard InChI is InChI=1S/C24H20N4O/c1-2-26-12-27-17-9-5-3-7-14(17)19-16-11-25-24(29)21(16)20-15-8-4-6-10-18(15)28(13-26)23(20)22(19)27/h3-10H,2,11-13H2,1H3,(H,25,29). The highest BCUT2D eigenvalue weighted by Gasteiger charge is 2.33. The van der Waals surface area contributed by atoms with Crippen molar-refractivity contribution in [2.24, 2.45) is 0 Å². The van der Waals surface area contributed by atoms with Crippen LogP contribution < -0.4 is 5.32 Å². The summed E-state index contributed by atoms with van der Waals surface area (Å²) in [5.41, 5.74) is 6.94. The molecule has 4 heterocycles. The van der Waals surface area contributed by atoms with E-state index in [4.69, 9.17) is 0 Å². The van der Waals surface area contributed by atoms with Crippen LogP contribution in [0.15, 0.2) is 48.5 Å². The molecule has 0 spiro atoms. The van der Waals surface area contributed by atoms with Crippen molar-refractivity contribution in [1.29, 1.82) is 0 Å². The molecule has 29 heavy (non-hydrogen) atoms. The fourth-order valence-electron chi connectivity index (χ4n) is 5.56. The fraction of sp³-hybridized carbons (Fsp3) is 0.208. The van der Waals surface area contributed by atoms with E-state index >= 15 is 0 Å². The zero-order valence-electron chi connectivity index (χ0n) is 16.2. The normalized spacial score (nSPS) is 16.4. The molecule has 5 nitrogen and oxygen atoms in total. The number of rotatable bonds is 1. The summed E-state index contributed by atoms with van der Waals surface area (Å²) < 4.78 is 4.88. The smallest absolute Gasteiger partial charge is 0.252 e. The Morgan fingerprint density at radius 1 is 0.862 bits per heavy atom. The summed E-state index contributed by atoms with van der Waals surface area (Å²) >= 11 is 0. The number of fused-ring (bicyclic) bond motifs is 9. The summed E-state index contributed by atoms with van der Waals surface area (Å²) in [4.78, 5) is 15.5. The lowest BCUT2D eigenvalue weighted by Crippen LogP contribution is -2.26. The molecule has 5 heteroatoms. The largest absolute Gasteiger partial charge is 0.348 e. The lowest BCUT2D eigenvalue weighted by Gasteiger charge is -2.21. The first kappa shape index (κ1) is 15.6. The number of carbonyl (C=O) groups excluding carboxylic acids is 1. The lowest BCUT2D eigenvalue weighted by atomic mass is 9.97. The highest BCUT2D eigenvalue weighted by atomic mass is 16.1. The van der Waals surface area contributed by atoms with Gasteiger partial charge in [-0.1, -0.05) is 43.3 Å². The number of hydrogen-bond donors (Lipinski definition) is 1. The summed E-state index contributed by atoms with van der Waals surface area (Å²) in [6, 6.07) is 17.2. The zero-order valence-corrected chi connectivity index (χ0v) is 16.2. The maximum atomic E-state index is 13.0. The van der Waals surface area contributed by atoms with E-state index in [1.807, 2.05) is 0 Å². The zero-order chi connectivity index (χ0) is 19.3. The van der Waals surface area contributed by atoms with Crippen LogP contribution in [0.5, 0.6) is 0 Å². The average molecular weight is 380 g/mol. The lowest BCUT2D eigenvalue weighted by molar-refractivity contribution is 0.0967. The Morgan fingerprint density at radius 2 is 1.45 bits per heavy atom. The third kappa shape index (κ3) is 1.73. The Labute approximate surface area is 167 Å². The molecule has 0 aliphatic carbocycles. The van der Waals surface area contributed by atoms with Crippen molar-refractivity contribution in [1.82, 2.24) is 19.4 Å². The second-order valence-corrected chi connectivity index (χ2v) is 8.14. The summed E-state index contributed by atoms with van der Waals surface area (Å²) in [6.07, 6.45) is 0. The molecule has 1 N–H and O–H groups in total. The van der Waals surface area contributed by atoms with E-state index in [2.05, 4.69) is 74.8 Å². The van der Waals surface area contributed by atoms with Crippen LogP contribution in [0.3, 0.4) is 0 Å². The second kappa shape index (κ2) is 5.19. The molecule has 5 aromatic rings. The molecule has 0 radical (unpaired) electrons. The number of carbonyl (C=O) groups is 1. The van der Waals surface area contributed by atoms with Crippen molar-refractivity contribution < 1.29 is 4.79 Å². The first-order valence-electron chi connectivity index (χ1n) is 10.2. The molecule has 0 bridgehead atoms. The van der Waals surface area contributed by atoms with Gasteiger partial charge in [0.1, 0.15) is 0 Å². The van der Waals surface area contributed by atoms with E-state index in [0.717, 1.165) is 36.4 Å². The van der Waals surface area contributed by atoms with E-state index < -0.39 is 0 Å². The summed E-state index contributed by atoms with van der Waals surface area (Å²) in [5, 5.41) is 7.87. The monoisotopic (exact) mass is 380 g/mol. The van der Waals surface area contributed by atoms with Gasteiger partial charge in [0.15, 0.2) is 0 Å². The molecule has 2 aliphatic rings. The third-order valence-electron chi connectivity index (χ3n) is 6.80. The molecule has 0 atom stereocenters. The van der Waals surface area contributed by atoms with Gasteiger partial charge < -0.3 is 14.5 Å². The predicted molar refractivity (Wildman–Crippen MR) is 116 cm³/mol. The van der Waals surface area contributed by atoms with Gasteiger partial charge in [0, 0.05) is 28.1 Å². The van der Waals surface area contributed by atoms with Crippen LogP contribution in [-0.4, -0.2) is 26.5 Å². The minimum Gasteiger partial charge on any atom is -0.348 e. The molecular formula is C24H20N4O. The van der Waals surface area contributed by atoms with E-state index in [9.17, 15) is 4.79 Å². The summed E-state index contributed by atoms with van der Waals surface area (Å²) in [6.45, 7) is 5.47. The van der Waals surface area contributed by atoms with Gasteiger partial charge in [-0.2, -0.15) is 0 Å². The van der Waals surface area contributed by atoms with Crippen LogP contribution in [0, 0.1) is 0 Å². The molecule has 0 fully saturated rings. The van der Waals surface area contributed by atoms with Gasteiger partial charge in [-0.15, -0.1) is 0 Å². The van der Waals surface area contributed by atoms with Crippen LogP contribution in [0.1, 0.15) is 22.8 Å². The molecule has 0 unspecified atom stereocenters. The molecule has 3 aromatic carbocycles. The molecule has 0 saturated carbocycles. The Kier molecular flexibility index (Phi) is 2.79. The Bertz CT molecular complexity index is 1520. The van der Waals surface area contributed by atoms with Crippen molar-refractivity contribution in [3.05, 3.63) is 59.7 Å². The van der Waals surface area contributed by atoms with Gasteiger partial charge in [0.25, 0.3) is 5.91 Å². The summed E-state index contributed by atoms with van der Waals surface area (Å²) in [5.74, 6) is 0.0539. The minimum atomic E-state index is 0.0539. The fourth-order valence-corrected chi connectivity index (χ4v) is 5.56. The van der Waals surface area contributed by atoms with Gasteiger partial charge in [0.05, 0.1) is 41.0 Å². The van der Waals surface area contributed by atoms with Gasteiger partial charge in [0.2, 0.25) is 0 Å². The summed E-state index contributed by atoms with van der Waals surface area (Å²) in [7, 11) is 0. The van der Waals surface area contributed by atoms with E-state index in [-0.39, 0.29) is 5.91 Å². The van der Waals surface area contributed by atoms with Crippen LogP contribution in [-0.2, 0) is 19.9 Å². The average Bonchev–Trinajstić information content (AvgIpc) is 3.34. The number of para-hydroxylation sites is 2. The van der Waals surface area contributed by atoms with Gasteiger partial charge in [-0.25, -0.2) is 0 Å². The van der Waals surface area contributed by atoms with Crippen molar-refractivity contribution >= 4 is 49.5 Å². The van der Waals surface area contributed by atoms with E-state index in [0.29, 0.717) is 6.54 Å². The van der Waals surface area contributed by atoms with Crippen LogP contribution >= 0.6 is 0 Å². The number of nitrogens with one attached hydrogen (secondary N) is 1. The minimum absolute atomic E-state index is 0.0539. The molecular weight excluding hydrogens is 360 g/mol. The molecule has 142 valence electrons. The van der Waals surface area contributed by atoms with Gasteiger partial charge >= 0.3 is 0 Å². The van der Waals surface area contributed by atoms with Crippen molar-refractivity contribution in [2.45, 2.75) is 26.8 Å². The van der Waals surface area contributed by atoms with Crippen LogP contribution in [0.2, 0.25) is 0 Å². The van der Waals surface area contributed by atoms with Gasteiger partial charge in [-0.3, -0.25) is 9.69 Å². The number of amides is 1. The third-order valence-corrected chi connectivity index (χ3v) is 6.80. The van der Waals surface area contributed by atoms with Crippen LogP contribution in [0.4, 0.5) is 0 Å². The Morgan fingerprint density at radius 3 is 2.10 bits per heavy atom. The molecule has 7 rings (SSSR count). The molecule has 2 aliphatic heterocycles. The maximum absolute atomic E-state index is 13.0. The quantitative estimate of drug-likeness (QED) is 0.468. The predicted octanol–water partition coefficient (Wildman–Crippen LogP) is 4.40. The maximum Gasteiger partial charge on any atom is 0.252 e. The topological polar surface area (TPSA) is 42.2 Å². The van der Waals surface area contributed by atoms with E-state index in [1.54, 1.807) is 0 Å². The van der Waals surface area contributed by atoms with Gasteiger partial charge in [-0.05, 0) is 24.2 Å². The van der Waals surface area contributed by atoms with E-state index in [1.165, 1.54) is 38.2 Å². The first-order chi connectivity index (χ1) is 14.3. The SMILES string of the molecule is CCN1Cn2c3ccccc3c3c4c(c5c6ccccc6n(c5c32)C1)C(=O)NC4. The molecule has 2 aromatic heterocycles. The Balaban J connectivity index is 1.88. The number of hydrogen-bond acceptors (Lipinski definition) is 2. The highest BCUT2D eigenvalue weighted by molar-refractivity contribution is 6.30. The van der Waals surface area contributed by atoms with Crippen molar-refractivity contribution in [3.63, 3.8) is 0 Å². The van der Waals surface area contributed by atoms with Crippen LogP contribution in [0.25, 0.3) is 43.6 Å². The number of benzene rings is 3. The van der Waals surface area contributed by atoms with Crippen molar-refractivity contribution in [3.8, 4) is 0 Å². The highest BCUT2D eigenvalue weighted by Crippen LogP contribution is 2.45. The van der Waals surface area contributed by atoms with Crippen molar-refractivity contribution in [2.75, 3.05) is 6.54 Å². The molecule has 1 amide bonds. The molecule has 0 saturated heterocycles. The second-order valence-electron chi connectivity index (χ2n) is 8.14.